The van der Waals surface area contributed by atoms with Gasteiger partial charge in [0.05, 0.1) is 19.3 Å². The van der Waals surface area contributed by atoms with E-state index in [4.69, 9.17) is 26.4 Å². The third-order valence-electron chi connectivity index (χ3n) is 9.06. The van der Waals surface area contributed by atoms with E-state index in [0.717, 1.165) is 56.4 Å². The second-order valence-corrected chi connectivity index (χ2v) is 13.0. The molecule has 4 rings (SSSR count). The van der Waals surface area contributed by atoms with E-state index < -0.39 is 5.60 Å². The minimum atomic E-state index is -0.852. The summed E-state index contributed by atoms with van der Waals surface area (Å²) in [6.45, 7) is 7.98. The van der Waals surface area contributed by atoms with Crippen molar-refractivity contribution in [3.05, 3.63) is 83.9 Å². The van der Waals surface area contributed by atoms with Crippen LogP contribution in [0.4, 0.5) is 0 Å². The summed E-state index contributed by atoms with van der Waals surface area (Å²) in [5, 5.41) is 0.253. The summed E-state index contributed by atoms with van der Waals surface area (Å²) in [6.07, 6.45) is 18.4. The molecule has 240 valence electrons. The van der Waals surface area contributed by atoms with E-state index in [1.54, 1.807) is 4.90 Å². The maximum absolute atomic E-state index is 13.7. The summed E-state index contributed by atoms with van der Waals surface area (Å²) in [4.78, 5) is 15.4. The minimum Gasteiger partial charge on any atom is -0.452 e. The first-order valence-electron chi connectivity index (χ1n) is 17.0. The zero-order valence-corrected chi connectivity index (χ0v) is 28.0. The SMILES string of the molecule is CCCCCCCC1(CCCCCC/C=C/CC(=O)N2C(=S)OC(c3ccccc3)(c3ccccc3)[C@@H]2C(C)C)OCCO1. The van der Waals surface area contributed by atoms with Crippen molar-refractivity contribution in [3.63, 3.8) is 0 Å². The topological polar surface area (TPSA) is 48.0 Å². The van der Waals surface area contributed by atoms with Crippen molar-refractivity contribution in [3.8, 4) is 0 Å². The van der Waals surface area contributed by atoms with Crippen LogP contribution in [0.2, 0.25) is 0 Å². The Kier molecular flexibility index (Phi) is 13.4. The Balaban J connectivity index is 1.26. The van der Waals surface area contributed by atoms with Crippen LogP contribution in [0.15, 0.2) is 72.8 Å². The molecule has 0 aliphatic carbocycles. The van der Waals surface area contributed by atoms with Gasteiger partial charge in [0.15, 0.2) is 11.4 Å². The predicted molar refractivity (Wildman–Crippen MR) is 182 cm³/mol. The van der Waals surface area contributed by atoms with Gasteiger partial charge in [0.25, 0.3) is 5.17 Å². The van der Waals surface area contributed by atoms with Gasteiger partial charge >= 0.3 is 0 Å². The van der Waals surface area contributed by atoms with Crippen LogP contribution in [-0.2, 0) is 24.6 Å². The van der Waals surface area contributed by atoms with Gasteiger partial charge in [-0.1, -0.05) is 132 Å². The Bertz CT molecular complexity index is 1140. The fraction of sp³-hybridized carbons (Fsp3) is 0.579. The monoisotopic (exact) mass is 619 g/mol. The van der Waals surface area contributed by atoms with Gasteiger partial charge in [0.1, 0.15) is 0 Å². The molecule has 2 aliphatic rings. The van der Waals surface area contributed by atoms with Crippen LogP contribution < -0.4 is 0 Å². The number of carbonyl (C=O) groups excluding carboxylic acids is 1. The summed E-state index contributed by atoms with van der Waals surface area (Å²) in [5.41, 5.74) is 1.15. The normalized spacial score (nSPS) is 19.2. The second-order valence-electron chi connectivity index (χ2n) is 12.7. The van der Waals surface area contributed by atoms with Crippen LogP contribution in [-0.4, -0.2) is 41.0 Å². The van der Waals surface area contributed by atoms with Crippen molar-refractivity contribution in [2.24, 2.45) is 5.92 Å². The van der Waals surface area contributed by atoms with E-state index in [1.807, 2.05) is 42.5 Å². The number of amides is 1. The van der Waals surface area contributed by atoms with Crippen molar-refractivity contribution in [2.45, 2.75) is 122 Å². The van der Waals surface area contributed by atoms with Crippen LogP contribution in [0.5, 0.6) is 0 Å². The van der Waals surface area contributed by atoms with Gasteiger partial charge in [-0.3, -0.25) is 9.69 Å². The van der Waals surface area contributed by atoms with Gasteiger partial charge in [-0.05, 0) is 43.8 Å². The van der Waals surface area contributed by atoms with Gasteiger partial charge in [0.2, 0.25) is 5.91 Å². The number of ether oxygens (including phenoxy) is 3. The quantitative estimate of drug-likeness (QED) is 0.0945. The summed E-state index contributed by atoms with van der Waals surface area (Å²) in [5.74, 6) is -0.238. The zero-order valence-electron chi connectivity index (χ0n) is 27.2. The van der Waals surface area contributed by atoms with Gasteiger partial charge < -0.3 is 14.2 Å². The third kappa shape index (κ3) is 8.58. The Hall–Kier alpha value is -2.54. The molecule has 5 nitrogen and oxygen atoms in total. The smallest absolute Gasteiger partial charge is 0.267 e. The number of carbonyl (C=O) groups is 1. The number of benzene rings is 2. The van der Waals surface area contributed by atoms with E-state index in [-0.39, 0.29) is 28.8 Å². The Morgan fingerprint density at radius 2 is 1.39 bits per heavy atom. The molecular weight excluding hydrogens is 566 g/mol. The molecule has 2 fully saturated rings. The minimum absolute atomic E-state index is 0.0183. The summed E-state index contributed by atoms with van der Waals surface area (Å²) in [7, 11) is 0. The molecule has 1 amide bonds. The van der Waals surface area contributed by atoms with Gasteiger partial charge in [-0.2, -0.15) is 0 Å². The number of nitrogens with zero attached hydrogens (tertiary/aromatic N) is 1. The first-order valence-corrected chi connectivity index (χ1v) is 17.4. The lowest BCUT2D eigenvalue weighted by atomic mass is 9.75. The summed E-state index contributed by atoms with van der Waals surface area (Å²) >= 11 is 5.75. The highest BCUT2D eigenvalue weighted by atomic mass is 32.1. The molecule has 0 bridgehead atoms. The molecule has 0 N–H and O–H groups in total. The molecule has 0 saturated carbocycles. The van der Waals surface area contributed by atoms with E-state index in [9.17, 15) is 4.79 Å². The lowest BCUT2D eigenvalue weighted by Gasteiger charge is -2.38. The fourth-order valence-electron chi connectivity index (χ4n) is 6.88. The molecular formula is C38H53NO4S. The molecule has 6 heteroatoms. The maximum atomic E-state index is 13.7. The van der Waals surface area contributed by atoms with Crippen LogP contribution in [0.3, 0.4) is 0 Å². The number of allylic oxidation sites excluding steroid dienone is 1. The third-order valence-corrected chi connectivity index (χ3v) is 9.34. The number of rotatable bonds is 18. The molecule has 2 heterocycles. The lowest BCUT2D eigenvalue weighted by Crippen LogP contribution is -2.49. The molecule has 2 aromatic rings. The number of hydrogen-bond donors (Lipinski definition) is 0. The number of hydrogen-bond acceptors (Lipinski definition) is 5. The highest BCUT2D eigenvalue weighted by Gasteiger charge is 2.57. The van der Waals surface area contributed by atoms with Crippen molar-refractivity contribution in [1.82, 2.24) is 4.90 Å². The molecule has 1 atom stereocenters. The molecule has 0 spiro atoms. The molecule has 2 aliphatic heterocycles. The average Bonchev–Trinajstić information content (AvgIpc) is 3.64. The first-order chi connectivity index (χ1) is 21.4. The van der Waals surface area contributed by atoms with Gasteiger partial charge in [0, 0.05) is 30.4 Å². The maximum Gasteiger partial charge on any atom is 0.267 e. The molecule has 0 unspecified atom stereocenters. The number of thiocarbonyl (C=S) groups is 1. The summed E-state index contributed by atoms with van der Waals surface area (Å²) < 4.78 is 18.7. The van der Waals surface area contributed by atoms with E-state index >= 15 is 0 Å². The standard InChI is InChI=1S/C38H53NO4S/c1-4-5-6-11-20-27-37(41-29-30-42-37)28-21-12-9-7-8-10-19-26-34(40)39-35(31(2)3)38(43-36(39)44,32-22-15-13-16-23-32)33-24-17-14-18-25-33/h10,13-19,22-25,31,35H,4-9,11-12,20-21,26-30H2,1-3H3/b19-10+/t35-/m0/s1. The first kappa shape index (κ1) is 34.3. The molecule has 2 aromatic carbocycles. The van der Waals surface area contributed by atoms with Gasteiger partial charge in [-0.25, -0.2) is 0 Å². The zero-order chi connectivity index (χ0) is 31.3. The van der Waals surface area contributed by atoms with Crippen molar-refractivity contribution < 1.29 is 19.0 Å². The van der Waals surface area contributed by atoms with Crippen molar-refractivity contribution >= 4 is 23.3 Å². The Morgan fingerprint density at radius 3 is 1.93 bits per heavy atom. The highest BCUT2D eigenvalue weighted by molar-refractivity contribution is 7.80. The van der Waals surface area contributed by atoms with E-state index in [0.29, 0.717) is 6.42 Å². The van der Waals surface area contributed by atoms with Crippen molar-refractivity contribution in [2.75, 3.05) is 13.2 Å². The summed E-state index contributed by atoms with van der Waals surface area (Å²) in [6, 6.07) is 20.1. The lowest BCUT2D eigenvalue weighted by molar-refractivity contribution is -0.168. The van der Waals surface area contributed by atoms with E-state index in [2.05, 4.69) is 51.1 Å². The average molecular weight is 620 g/mol. The van der Waals surface area contributed by atoms with Crippen LogP contribution >= 0.6 is 12.2 Å². The number of unbranched alkanes of at least 4 members (excludes halogenated alkanes) is 8. The Labute approximate surface area is 271 Å². The van der Waals surface area contributed by atoms with Gasteiger partial charge in [-0.15, -0.1) is 0 Å². The Morgan fingerprint density at radius 1 is 0.841 bits per heavy atom. The van der Waals surface area contributed by atoms with E-state index in [1.165, 1.54) is 44.9 Å². The van der Waals surface area contributed by atoms with Crippen LogP contribution in [0, 0.1) is 5.92 Å². The molecule has 44 heavy (non-hydrogen) atoms. The largest absolute Gasteiger partial charge is 0.452 e. The van der Waals surface area contributed by atoms with Crippen molar-refractivity contribution in [1.29, 1.82) is 0 Å². The fourth-order valence-corrected chi connectivity index (χ4v) is 7.23. The highest BCUT2D eigenvalue weighted by Crippen LogP contribution is 2.47. The molecule has 0 radical (unpaired) electrons. The van der Waals surface area contributed by atoms with Crippen LogP contribution in [0.25, 0.3) is 0 Å². The molecule has 2 saturated heterocycles. The predicted octanol–water partition coefficient (Wildman–Crippen LogP) is 9.49. The molecule has 0 aromatic heterocycles. The van der Waals surface area contributed by atoms with Crippen LogP contribution in [0.1, 0.15) is 115 Å². The second kappa shape index (κ2) is 17.2.